The highest BCUT2D eigenvalue weighted by Gasteiger charge is 2.26. The van der Waals surface area contributed by atoms with Crippen molar-refractivity contribution >= 4 is 6.03 Å². The molecule has 0 aromatic heterocycles. The minimum atomic E-state index is 0.0645. The van der Waals surface area contributed by atoms with Crippen molar-refractivity contribution in [2.24, 2.45) is 5.92 Å². The molecule has 2 fully saturated rings. The van der Waals surface area contributed by atoms with Crippen molar-refractivity contribution in [2.75, 3.05) is 32.8 Å². The Labute approximate surface area is 163 Å². The van der Waals surface area contributed by atoms with Gasteiger partial charge in [-0.2, -0.15) is 0 Å². The van der Waals surface area contributed by atoms with Gasteiger partial charge in [-0.05, 0) is 69.5 Å². The second-order valence-corrected chi connectivity index (χ2v) is 8.08. The number of rotatable bonds is 7. The Kier molecular flexibility index (Phi) is 7.96. The van der Waals surface area contributed by atoms with Crippen LogP contribution in [0.4, 0.5) is 4.79 Å². The maximum Gasteiger partial charge on any atom is 0.317 e. The van der Waals surface area contributed by atoms with Gasteiger partial charge in [0.05, 0.1) is 0 Å². The van der Waals surface area contributed by atoms with Crippen LogP contribution in [0.2, 0.25) is 0 Å². The number of likely N-dealkylation sites (tertiary alicyclic amines) is 2. The van der Waals surface area contributed by atoms with E-state index in [0.717, 1.165) is 58.4 Å². The number of hydrogen-bond acceptors (Lipinski definition) is 3. The predicted molar refractivity (Wildman–Crippen MR) is 109 cm³/mol. The van der Waals surface area contributed by atoms with E-state index in [-0.39, 0.29) is 18.7 Å². The summed E-state index contributed by atoms with van der Waals surface area (Å²) < 4.78 is 0. The number of carbonyl (C=O) groups is 1. The van der Waals surface area contributed by atoms with Gasteiger partial charge in [-0.3, -0.25) is 4.90 Å². The Morgan fingerprint density at radius 2 is 1.81 bits per heavy atom. The first-order valence-electron chi connectivity index (χ1n) is 10.7. The molecule has 2 aliphatic rings. The third-order valence-electron chi connectivity index (χ3n) is 6.14. The molecule has 0 spiro atoms. The molecule has 1 aromatic carbocycles. The number of aliphatic hydroxyl groups excluding tert-OH is 1. The van der Waals surface area contributed by atoms with Gasteiger partial charge in [0.2, 0.25) is 0 Å². The standard InChI is InChI=1S/C22H35N3O2/c26-17-12-21-8-4-5-14-25(21)22(27)23-13-9-19-10-15-24(16-11-19)18-20-6-2-1-3-7-20/h1-3,6-7,19,21,26H,4-5,8-18H2,(H,23,27)/t21-/m0/s1. The van der Waals surface area contributed by atoms with Gasteiger partial charge in [0.1, 0.15) is 0 Å². The Bertz CT molecular complexity index is 556. The van der Waals surface area contributed by atoms with Gasteiger partial charge < -0.3 is 15.3 Å². The molecule has 0 aliphatic carbocycles. The molecule has 2 aliphatic heterocycles. The van der Waals surface area contributed by atoms with E-state index >= 15 is 0 Å². The summed E-state index contributed by atoms with van der Waals surface area (Å²) in [6.07, 6.45) is 7.48. The molecule has 2 heterocycles. The predicted octanol–water partition coefficient (Wildman–Crippen LogP) is 3.24. The quantitative estimate of drug-likeness (QED) is 0.771. The van der Waals surface area contributed by atoms with Crippen molar-refractivity contribution in [1.29, 1.82) is 0 Å². The molecule has 2 amide bonds. The fraction of sp³-hybridized carbons (Fsp3) is 0.682. The van der Waals surface area contributed by atoms with Crippen LogP contribution in [0.1, 0.15) is 50.5 Å². The highest BCUT2D eigenvalue weighted by molar-refractivity contribution is 5.74. The smallest absolute Gasteiger partial charge is 0.317 e. The zero-order chi connectivity index (χ0) is 18.9. The average molecular weight is 374 g/mol. The molecule has 150 valence electrons. The third kappa shape index (κ3) is 6.22. The van der Waals surface area contributed by atoms with Crippen molar-refractivity contribution in [3.05, 3.63) is 35.9 Å². The lowest BCUT2D eigenvalue weighted by Crippen LogP contribution is -2.49. The summed E-state index contributed by atoms with van der Waals surface area (Å²) in [6.45, 7) is 5.11. The first-order chi connectivity index (χ1) is 13.3. The molecule has 0 unspecified atom stereocenters. The van der Waals surface area contributed by atoms with Gasteiger partial charge in [0.25, 0.3) is 0 Å². The SMILES string of the molecule is O=C(NCCC1CCN(Cc2ccccc2)CC1)N1CCCC[C@H]1CCO. The van der Waals surface area contributed by atoms with Crippen LogP contribution < -0.4 is 5.32 Å². The van der Waals surface area contributed by atoms with Crippen LogP contribution in [-0.2, 0) is 6.54 Å². The van der Waals surface area contributed by atoms with E-state index in [1.165, 1.54) is 18.4 Å². The summed E-state index contributed by atoms with van der Waals surface area (Å²) in [4.78, 5) is 17.0. The Hall–Kier alpha value is -1.59. The fourth-order valence-corrected chi connectivity index (χ4v) is 4.48. The molecular weight excluding hydrogens is 338 g/mol. The van der Waals surface area contributed by atoms with E-state index in [1.807, 2.05) is 4.90 Å². The van der Waals surface area contributed by atoms with Gasteiger partial charge in [0, 0.05) is 32.3 Å². The first kappa shape index (κ1) is 20.2. The highest BCUT2D eigenvalue weighted by atomic mass is 16.3. The molecule has 5 heteroatoms. The molecule has 1 atom stereocenters. The van der Waals surface area contributed by atoms with Crippen LogP contribution in [0.15, 0.2) is 30.3 Å². The van der Waals surface area contributed by atoms with Gasteiger partial charge in [-0.25, -0.2) is 4.79 Å². The van der Waals surface area contributed by atoms with Gasteiger partial charge in [0.15, 0.2) is 0 Å². The number of urea groups is 1. The molecule has 3 rings (SSSR count). The largest absolute Gasteiger partial charge is 0.396 e. The summed E-state index contributed by atoms with van der Waals surface area (Å²) in [7, 11) is 0. The summed E-state index contributed by atoms with van der Waals surface area (Å²) in [5.41, 5.74) is 1.39. The summed E-state index contributed by atoms with van der Waals surface area (Å²) in [5.74, 6) is 0.715. The third-order valence-corrected chi connectivity index (χ3v) is 6.14. The molecule has 0 radical (unpaired) electrons. The molecule has 0 saturated carbocycles. The van der Waals surface area contributed by atoms with Crippen LogP contribution in [-0.4, -0.2) is 59.8 Å². The van der Waals surface area contributed by atoms with Crippen LogP contribution >= 0.6 is 0 Å². The number of aliphatic hydroxyl groups is 1. The maximum atomic E-state index is 12.5. The van der Waals surface area contributed by atoms with E-state index < -0.39 is 0 Å². The average Bonchev–Trinajstić information content (AvgIpc) is 2.71. The van der Waals surface area contributed by atoms with Crippen LogP contribution in [0.3, 0.4) is 0 Å². The summed E-state index contributed by atoms with van der Waals surface area (Å²) in [5, 5.41) is 12.3. The van der Waals surface area contributed by atoms with E-state index in [1.54, 1.807) is 0 Å². The molecule has 1 aromatic rings. The lowest BCUT2D eigenvalue weighted by atomic mass is 9.93. The van der Waals surface area contributed by atoms with Crippen molar-refractivity contribution in [3.63, 3.8) is 0 Å². The molecule has 0 bridgehead atoms. The normalized spacial score (nSPS) is 22.0. The number of nitrogens with zero attached hydrogens (tertiary/aromatic N) is 2. The number of piperidine rings is 2. The van der Waals surface area contributed by atoms with Crippen molar-refractivity contribution in [1.82, 2.24) is 15.1 Å². The van der Waals surface area contributed by atoms with Crippen LogP contribution in [0.25, 0.3) is 0 Å². The topological polar surface area (TPSA) is 55.8 Å². The minimum absolute atomic E-state index is 0.0645. The van der Waals surface area contributed by atoms with Crippen molar-refractivity contribution in [2.45, 2.75) is 57.5 Å². The van der Waals surface area contributed by atoms with Crippen LogP contribution in [0.5, 0.6) is 0 Å². The van der Waals surface area contributed by atoms with E-state index in [2.05, 4.69) is 40.5 Å². The summed E-state index contributed by atoms with van der Waals surface area (Å²) >= 11 is 0. The highest BCUT2D eigenvalue weighted by Crippen LogP contribution is 2.22. The molecule has 2 saturated heterocycles. The monoisotopic (exact) mass is 373 g/mol. The Morgan fingerprint density at radius 1 is 1.04 bits per heavy atom. The van der Waals surface area contributed by atoms with Gasteiger partial charge >= 0.3 is 6.03 Å². The van der Waals surface area contributed by atoms with E-state index in [4.69, 9.17) is 0 Å². The zero-order valence-electron chi connectivity index (χ0n) is 16.5. The van der Waals surface area contributed by atoms with Gasteiger partial charge in [-0.1, -0.05) is 30.3 Å². The molecule has 5 nitrogen and oxygen atoms in total. The number of hydrogen-bond donors (Lipinski definition) is 2. The second kappa shape index (κ2) is 10.7. The first-order valence-corrected chi connectivity index (χ1v) is 10.7. The zero-order valence-corrected chi connectivity index (χ0v) is 16.5. The lowest BCUT2D eigenvalue weighted by Gasteiger charge is -2.36. The van der Waals surface area contributed by atoms with Crippen molar-refractivity contribution in [3.8, 4) is 0 Å². The minimum Gasteiger partial charge on any atom is -0.396 e. The molecular formula is C22H35N3O2. The molecule has 2 N–H and O–H groups in total. The second-order valence-electron chi connectivity index (χ2n) is 8.08. The van der Waals surface area contributed by atoms with E-state index in [9.17, 15) is 9.90 Å². The Morgan fingerprint density at radius 3 is 2.56 bits per heavy atom. The number of benzene rings is 1. The fourth-order valence-electron chi connectivity index (χ4n) is 4.48. The maximum absolute atomic E-state index is 12.5. The Balaban J connectivity index is 1.33. The number of amides is 2. The van der Waals surface area contributed by atoms with Crippen molar-refractivity contribution < 1.29 is 9.90 Å². The van der Waals surface area contributed by atoms with Gasteiger partial charge in [-0.15, -0.1) is 0 Å². The van der Waals surface area contributed by atoms with Crippen LogP contribution in [0, 0.1) is 5.92 Å². The lowest BCUT2D eigenvalue weighted by molar-refractivity contribution is 0.130. The number of carbonyl (C=O) groups excluding carboxylic acids is 1. The molecule has 27 heavy (non-hydrogen) atoms. The van der Waals surface area contributed by atoms with E-state index in [0.29, 0.717) is 12.3 Å². The summed E-state index contributed by atoms with van der Waals surface area (Å²) in [6, 6.07) is 11.0. The number of nitrogens with one attached hydrogen (secondary N) is 1.